The number of thiazole rings is 1. The van der Waals surface area contributed by atoms with Gasteiger partial charge in [-0.2, -0.15) is 13.2 Å². The van der Waals surface area contributed by atoms with E-state index in [1.165, 1.54) is 0 Å². The van der Waals surface area contributed by atoms with Crippen LogP contribution in [0, 0.1) is 0 Å². The van der Waals surface area contributed by atoms with E-state index >= 15 is 0 Å². The number of fused-ring (bicyclic) bond motifs is 1. The molecule has 0 spiro atoms. The normalized spacial score (nSPS) is 14.0. The number of nitrogens with zero attached hydrogens (tertiary/aromatic N) is 1. The van der Waals surface area contributed by atoms with Crippen LogP contribution in [-0.2, 0) is 15.8 Å². The van der Waals surface area contributed by atoms with E-state index in [9.17, 15) is 22.8 Å². The molecule has 2 heterocycles. The summed E-state index contributed by atoms with van der Waals surface area (Å²) in [6.07, 6.45) is -4.62. The van der Waals surface area contributed by atoms with Crippen molar-refractivity contribution in [1.29, 1.82) is 0 Å². The number of aromatic nitrogens is 1. The van der Waals surface area contributed by atoms with Crippen molar-refractivity contribution < 1.29 is 32.2 Å². The van der Waals surface area contributed by atoms with Crippen molar-refractivity contribution in [1.82, 2.24) is 10.3 Å². The molecule has 0 aliphatic carbocycles. The molecule has 11 heteroatoms. The predicted molar refractivity (Wildman–Crippen MR) is 84.9 cm³/mol. The monoisotopic (exact) mass is 387 g/mol. The summed E-state index contributed by atoms with van der Waals surface area (Å²) in [5.41, 5.74) is -0.462. The zero-order valence-electron chi connectivity index (χ0n) is 13.2. The highest BCUT2D eigenvalue weighted by molar-refractivity contribution is 7.14. The van der Waals surface area contributed by atoms with Crippen molar-refractivity contribution >= 4 is 28.3 Å². The Morgan fingerprint density at radius 1 is 1.23 bits per heavy atom. The number of ether oxygens (including phenoxy) is 2. The topological polar surface area (TPSA) is 89.6 Å². The maximum Gasteiger partial charge on any atom is 0.434 e. The molecule has 2 amide bonds. The summed E-state index contributed by atoms with van der Waals surface area (Å²) in [5.74, 6) is -1.01. The summed E-state index contributed by atoms with van der Waals surface area (Å²) in [6.45, 7) is 1.75. The molecule has 1 aromatic carbocycles. The van der Waals surface area contributed by atoms with Crippen LogP contribution >= 0.6 is 11.3 Å². The molecule has 0 bridgehead atoms. The van der Waals surface area contributed by atoms with Crippen LogP contribution in [0.1, 0.15) is 24.2 Å². The van der Waals surface area contributed by atoms with E-state index in [0.29, 0.717) is 28.4 Å². The number of halogens is 3. The lowest BCUT2D eigenvalue weighted by atomic mass is 10.1. The van der Waals surface area contributed by atoms with Crippen molar-refractivity contribution in [2.24, 2.45) is 0 Å². The predicted octanol–water partition coefficient (Wildman–Crippen LogP) is 2.71. The first-order valence-corrected chi connectivity index (χ1v) is 8.16. The third-order valence-corrected chi connectivity index (χ3v) is 4.22. The van der Waals surface area contributed by atoms with Crippen LogP contribution < -0.4 is 20.1 Å². The maximum atomic E-state index is 12.5. The lowest BCUT2D eigenvalue weighted by Gasteiger charge is -2.14. The lowest BCUT2D eigenvalue weighted by molar-refractivity contribution is -0.140. The molecule has 0 radical (unpaired) electrons. The molecule has 26 heavy (non-hydrogen) atoms. The largest absolute Gasteiger partial charge is 0.454 e. The fourth-order valence-corrected chi connectivity index (χ4v) is 2.86. The Bertz CT molecular complexity index is 853. The van der Waals surface area contributed by atoms with Gasteiger partial charge in [0.05, 0.1) is 6.04 Å². The number of carbonyl (C=O) groups excluding carboxylic acids is 2. The zero-order chi connectivity index (χ0) is 18.9. The summed E-state index contributed by atoms with van der Waals surface area (Å²) >= 11 is 0.577. The van der Waals surface area contributed by atoms with Gasteiger partial charge in [-0.3, -0.25) is 14.9 Å². The van der Waals surface area contributed by atoms with Crippen molar-refractivity contribution in [3.8, 4) is 11.5 Å². The van der Waals surface area contributed by atoms with Crippen molar-refractivity contribution in [3.05, 3.63) is 34.8 Å². The molecule has 1 aliphatic heterocycles. The van der Waals surface area contributed by atoms with E-state index in [2.05, 4.69) is 10.3 Å². The van der Waals surface area contributed by atoms with Gasteiger partial charge in [-0.05, 0) is 24.6 Å². The molecule has 7 nitrogen and oxygen atoms in total. The van der Waals surface area contributed by atoms with Crippen LogP contribution in [0.15, 0.2) is 23.6 Å². The number of hydrogen-bond acceptors (Lipinski definition) is 6. The molecule has 1 aromatic heterocycles. The SMILES string of the molecule is C[C@@H](NC(=O)C(=O)Nc1nc(C(F)(F)F)cs1)c1ccc2c(c1)OCO2. The number of alkyl halides is 3. The highest BCUT2D eigenvalue weighted by Gasteiger charge is 2.34. The van der Waals surface area contributed by atoms with Crippen LogP contribution in [0.4, 0.5) is 18.3 Å². The second-order valence-electron chi connectivity index (χ2n) is 5.30. The Kier molecular flexibility index (Phi) is 4.72. The molecule has 2 aromatic rings. The standard InChI is InChI=1S/C15H12F3N3O4S/c1-7(8-2-3-9-10(4-8)25-6-24-9)19-12(22)13(23)21-14-20-11(5-26-14)15(16,17)18/h2-5,7H,6H2,1H3,(H,19,22)(H,20,21,23)/t7-/m1/s1. The van der Waals surface area contributed by atoms with Gasteiger partial charge in [0.2, 0.25) is 6.79 Å². The Hall–Kier alpha value is -2.82. The highest BCUT2D eigenvalue weighted by Crippen LogP contribution is 2.34. The highest BCUT2D eigenvalue weighted by atomic mass is 32.1. The molecule has 138 valence electrons. The number of anilines is 1. The molecule has 2 N–H and O–H groups in total. The second-order valence-corrected chi connectivity index (χ2v) is 6.16. The minimum atomic E-state index is -4.62. The number of benzene rings is 1. The second kappa shape index (κ2) is 6.83. The van der Waals surface area contributed by atoms with Gasteiger partial charge in [-0.1, -0.05) is 6.07 Å². The molecule has 0 fully saturated rings. The smallest absolute Gasteiger partial charge is 0.434 e. The molecular weight excluding hydrogens is 375 g/mol. The fourth-order valence-electron chi connectivity index (χ4n) is 2.14. The summed E-state index contributed by atoms with van der Waals surface area (Å²) < 4.78 is 47.9. The Labute approximate surface area is 149 Å². The van der Waals surface area contributed by atoms with E-state index in [1.54, 1.807) is 25.1 Å². The quantitative estimate of drug-likeness (QED) is 0.791. The van der Waals surface area contributed by atoms with Crippen molar-refractivity contribution in [2.75, 3.05) is 12.1 Å². The molecule has 0 unspecified atom stereocenters. The zero-order valence-corrected chi connectivity index (χ0v) is 14.0. The fraction of sp³-hybridized carbons (Fsp3) is 0.267. The Morgan fingerprint density at radius 3 is 2.65 bits per heavy atom. The Morgan fingerprint density at radius 2 is 1.96 bits per heavy atom. The number of hydrogen-bond donors (Lipinski definition) is 2. The third kappa shape index (κ3) is 3.87. The molecule has 3 rings (SSSR count). The van der Waals surface area contributed by atoms with Gasteiger partial charge in [0, 0.05) is 5.38 Å². The summed E-state index contributed by atoms with van der Waals surface area (Å²) in [6, 6.07) is 4.51. The van der Waals surface area contributed by atoms with Gasteiger partial charge in [0.1, 0.15) is 0 Å². The molecule has 0 saturated carbocycles. The first kappa shape index (κ1) is 18.0. The van der Waals surface area contributed by atoms with Gasteiger partial charge in [0.25, 0.3) is 0 Å². The summed E-state index contributed by atoms with van der Waals surface area (Å²) in [7, 11) is 0. The first-order chi connectivity index (χ1) is 12.2. The van der Waals surface area contributed by atoms with Gasteiger partial charge >= 0.3 is 18.0 Å². The minimum absolute atomic E-state index is 0.107. The van der Waals surface area contributed by atoms with Gasteiger partial charge in [-0.25, -0.2) is 4.98 Å². The van der Waals surface area contributed by atoms with Gasteiger partial charge < -0.3 is 14.8 Å². The molecule has 0 saturated heterocycles. The third-order valence-electron chi connectivity index (χ3n) is 3.47. The first-order valence-electron chi connectivity index (χ1n) is 7.28. The van der Waals surface area contributed by atoms with E-state index in [4.69, 9.17) is 9.47 Å². The van der Waals surface area contributed by atoms with Crippen LogP contribution in [0.2, 0.25) is 0 Å². The number of amides is 2. The lowest BCUT2D eigenvalue weighted by Crippen LogP contribution is -2.36. The van der Waals surface area contributed by atoms with Crippen molar-refractivity contribution in [2.45, 2.75) is 19.1 Å². The summed E-state index contributed by atoms with van der Waals surface area (Å²) in [5, 5.41) is 4.94. The average Bonchev–Trinajstić information content (AvgIpc) is 3.22. The van der Waals surface area contributed by atoms with Crippen LogP contribution in [0.3, 0.4) is 0 Å². The van der Waals surface area contributed by atoms with Crippen LogP contribution in [0.25, 0.3) is 0 Å². The average molecular weight is 387 g/mol. The van der Waals surface area contributed by atoms with E-state index in [0.717, 1.165) is 5.38 Å². The number of rotatable bonds is 3. The minimum Gasteiger partial charge on any atom is -0.454 e. The molecule has 1 atom stereocenters. The van der Waals surface area contributed by atoms with E-state index in [1.807, 2.05) is 5.32 Å². The maximum absolute atomic E-state index is 12.5. The van der Waals surface area contributed by atoms with Crippen LogP contribution in [-0.4, -0.2) is 23.6 Å². The number of nitrogens with one attached hydrogen (secondary N) is 2. The number of carbonyl (C=O) groups is 2. The van der Waals surface area contributed by atoms with Gasteiger partial charge in [-0.15, -0.1) is 11.3 Å². The van der Waals surface area contributed by atoms with Gasteiger partial charge in [0.15, 0.2) is 22.3 Å². The van der Waals surface area contributed by atoms with E-state index < -0.39 is 29.7 Å². The van der Waals surface area contributed by atoms with E-state index in [-0.39, 0.29) is 11.9 Å². The summed E-state index contributed by atoms with van der Waals surface area (Å²) in [4.78, 5) is 27.0. The molecule has 1 aliphatic rings. The Balaban J connectivity index is 1.60. The molecular formula is C15H12F3N3O4S. The van der Waals surface area contributed by atoms with Crippen LogP contribution in [0.5, 0.6) is 11.5 Å². The van der Waals surface area contributed by atoms with Crippen molar-refractivity contribution in [3.63, 3.8) is 0 Å².